The van der Waals surface area contributed by atoms with Crippen molar-refractivity contribution in [1.29, 1.82) is 5.26 Å². The molecular weight excluding hydrogens is 510 g/mol. The maximum absolute atomic E-state index is 13.4. The lowest BCUT2D eigenvalue weighted by atomic mass is 9.96. The average molecular weight is 544 g/mol. The predicted molar refractivity (Wildman–Crippen MR) is 160 cm³/mol. The number of amides is 1. The van der Waals surface area contributed by atoms with Crippen LogP contribution in [0, 0.1) is 11.3 Å². The molecule has 1 amide bonds. The van der Waals surface area contributed by atoms with Crippen LogP contribution in [0.25, 0.3) is 6.08 Å². The van der Waals surface area contributed by atoms with Crippen LogP contribution in [0.4, 0.5) is 0 Å². The van der Waals surface area contributed by atoms with Crippen LogP contribution < -0.4 is 9.47 Å². The first-order chi connectivity index (χ1) is 20.2. The Kier molecular flexibility index (Phi) is 9.10. The number of rotatable bonds is 9. The molecule has 6 nitrogen and oxygen atoms in total. The number of nitriles is 1. The lowest BCUT2D eigenvalue weighted by Gasteiger charge is -2.39. The van der Waals surface area contributed by atoms with E-state index in [0.29, 0.717) is 49.8 Å². The van der Waals surface area contributed by atoms with E-state index in [1.54, 1.807) is 30.2 Å². The van der Waals surface area contributed by atoms with Gasteiger partial charge >= 0.3 is 0 Å². The van der Waals surface area contributed by atoms with Gasteiger partial charge in [0.25, 0.3) is 5.91 Å². The number of hydrogen-bond acceptors (Lipinski definition) is 5. The third-order valence-corrected chi connectivity index (χ3v) is 7.28. The Labute approximate surface area is 241 Å². The number of piperazine rings is 1. The van der Waals surface area contributed by atoms with E-state index in [0.717, 1.165) is 5.56 Å². The molecule has 0 atom stereocenters. The van der Waals surface area contributed by atoms with Gasteiger partial charge in [0, 0.05) is 26.2 Å². The van der Waals surface area contributed by atoms with Gasteiger partial charge < -0.3 is 14.4 Å². The Morgan fingerprint density at radius 3 is 1.98 bits per heavy atom. The molecule has 0 spiro atoms. The molecule has 0 radical (unpaired) electrons. The highest BCUT2D eigenvalue weighted by Crippen LogP contribution is 2.31. The Morgan fingerprint density at radius 2 is 1.41 bits per heavy atom. The quantitative estimate of drug-likeness (QED) is 0.188. The van der Waals surface area contributed by atoms with Gasteiger partial charge in [-0.2, -0.15) is 5.26 Å². The zero-order valence-electron chi connectivity index (χ0n) is 23.1. The molecule has 1 fully saturated rings. The van der Waals surface area contributed by atoms with Crippen LogP contribution in [0.1, 0.15) is 28.3 Å². The number of carbonyl (C=O) groups excluding carboxylic acids is 1. The molecule has 0 unspecified atom stereocenters. The van der Waals surface area contributed by atoms with E-state index < -0.39 is 0 Å². The van der Waals surface area contributed by atoms with Crippen LogP contribution in [0.2, 0.25) is 0 Å². The zero-order chi connectivity index (χ0) is 28.4. The molecule has 1 heterocycles. The molecule has 0 saturated carbocycles. The van der Waals surface area contributed by atoms with Crippen LogP contribution in [0.5, 0.6) is 11.5 Å². The normalized spacial score (nSPS) is 14.0. The third kappa shape index (κ3) is 6.84. The summed E-state index contributed by atoms with van der Waals surface area (Å²) in [6.07, 6.45) is 1.62. The summed E-state index contributed by atoms with van der Waals surface area (Å²) in [4.78, 5) is 17.6. The molecule has 6 heteroatoms. The van der Waals surface area contributed by atoms with Gasteiger partial charge in [-0.1, -0.05) is 97.1 Å². The van der Waals surface area contributed by atoms with Gasteiger partial charge in [0.1, 0.15) is 18.2 Å². The van der Waals surface area contributed by atoms with Gasteiger partial charge in [-0.15, -0.1) is 0 Å². The van der Waals surface area contributed by atoms with Crippen molar-refractivity contribution in [3.8, 4) is 17.6 Å². The largest absolute Gasteiger partial charge is 0.493 e. The minimum absolute atomic E-state index is 0.0983. The van der Waals surface area contributed by atoms with Gasteiger partial charge in [-0.05, 0) is 40.5 Å². The Balaban J connectivity index is 1.26. The SMILES string of the molecule is COc1cc(/C=C(/C#N)C(=O)N2CCN(C(c3ccccc3)c3ccccc3)CC2)ccc1OCc1ccccc1. The van der Waals surface area contributed by atoms with Crippen molar-refractivity contribution in [2.24, 2.45) is 0 Å². The van der Waals surface area contributed by atoms with Gasteiger partial charge in [-0.25, -0.2) is 0 Å². The van der Waals surface area contributed by atoms with E-state index in [-0.39, 0.29) is 17.5 Å². The minimum Gasteiger partial charge on any atom is -0.493 e. The maximum Gasteiger partial charge on any atom is 0.264 e. The first-order valence-corrected chi connectivity index (χ1v) is 13.8. The topological polar surface area (TPSA) is 65.8 Å². The second-order valence-corrected chi connectivity index (χ2v) is 9.91. The highest BCUT2D eigenvalue weighted by Gasteiger charge is 2.29. The van der Waals surface area contributed by atoms with Crippen molar-refractivity contribution >= 4 is 12.0 Å². The summed E-state index contributed by atoms with van der Waals surface area (Å²) in [5.74, 6) is 0.883. The molecule has 1 aliphatic rings. The van der Waals surface area contributed by atoms with Gasteiger partial charge in [0.15, 0.2) is 11.5 Å². The zero-order valence-corrected chi connectivity index (χ0v) is 23.1. The fourth-order valence-corrected chi connectivity index (χ4v) is 5.18. The van der Waals surface area contributed by atoms with Gasteiger partial charge in [0.2, 0.25) is 0 Å². The summed E-state index contributed by atoms with van der Waals surface area (Å²) < 4.78 is 11.5. The Bertz CT molecular complexity index is 1470. The lowest BCUT2D eigenvalue weighted by Crippen LogP contribution is -2.50. The molecule has 0 aromatic heterocycles. The fraction of sp³-hybridized carbons (Fsp3) is 0.200. The van der Waals surface area contributed by atoms with Crippen molar-refractivity contribution < 1.29 is 14.3 Å². The molecule has 41 heavy (non-hydrogen) atoms. The number of hydrogen-bond donors (Lipinski definition) is 0. The highest BCUT2D eigenvalue weighted by atomic mass is 16.5. The number of nitrogens with zero attached hydrogens (tertiary/aromatic N) is 3. The first kappa shape index (κ1) is 27.7. The molecular formula is C35H33N3O3. The number of ether oxygens (including phenoxy) is 2. The van der Waals surface area contributed by atoms with Crippen LogP contribution >= 0.6 is 0 Å². The van der Waals surface area contributed by atoms with Crippen LogP contribution in [-0.4, -0.2) is 49.0 Å². The summed E-state index contributed by atoms with van der Waals surface area (Å²) >= 11 is 0. The maximum atomic E-state index is 13.4. The van der Waals surface area contributed by atoms with Crippen molar-refractivity contribution in [3.05, 3.63) is 137 Å². The summed E-state index contributed by atoms with van der Waals surface area (Å²) in [5, 5.41) is 9.89. The van der Waals surface area contributed by atoms with Crippen molar-refractivity contribution in [1.82, 2.24) is 9.80 Å². The standard InChI is InChI=1S/C35H33N3O3/c1-40-33-24-28(17-18-32(33)41-26-27-11-5-2-6-12-27)23-31(25-36)35(39)38-21-19-37(20-22-38)34(29-13-7-3-8-14-29)30-15-9-4-10-16-30/h2-18,23-24,34H,19-22,26H2,1H3/b31-23-. The number of methoxy groups -OCH3 is 1. The molecule has 4 aromatic rings. The fourth-order valence-electron chi connectivity index (χ4n) is 5.18. The first-order valence-electron chi connectivity index (χ1n) is 13.8. The Morgan fingerprint density at radius 1 is 0.829 bits per heavy atom. The molecule has 1 aliphatic heterocycles. The van der Waals surface area contributed by atoms with Gasteiger partial charge in [-0.3, -0.25) is 9.69 Å². The van der Waals surface area contributed by atoms with Crippen LogP contribution in [0.15, 0.2) is 115 Å². The van der Waals surface area contributed by atoms with E-state index in [4.69, 9.17) is 9.47 Å². The molecule has 0 aliphatic carbocycles. The van der Waals surface area contributed by atoms with E-state index in [1.807, 2.05) is 48.5 Å². The highest BCUT2D eigenvalue weighted by molar-refractivity contribution is 6.01. The molecule has 5 rings (SSSR count). The molecule has 1 saturated heterocycles. The van der Waals surface area contributed by atoms with Gasteiger partial charge in [0.05, 0.1) is 13.2 Å². The predicted octanol–water partition coefficient (Wildman–Crippen LogP) is 6.11. The van der Waals surface area contributed by atoms with E-state index in [2.05, 4.69) is 59.5 Å². The second kappa shape index (κ2) is 13.5. The minimum atomic E-state index is -0.258. The van der Waals surface area contributed by atoms with E-state index in [1.165, 1.54) is 11.1 Å². The molecule has 4 aromatic carbocycles. The summed E-state index contributed by atoms with van der Waals surface area (Å²) in [6, 6.07) is 38.4. The molecule has 0 N–H and O–H groups in total. The van der Waals surface area contributed by atoms with Crippen LogP contribution in [0.3, 0.4) is 0 Å². The third-order valence-electron chi connectivity index (χ3n) is 7.28. The second-order valence-electron chi connectivity index (χ2n) is 9.91. The van der Waals surface area contributed by atoms with Crippen molar-refractivity contribution in [2.45, 2.75) is 12.6 Å². The van der Waals surface area contributed by atoms with E-state index in [9.17, 15) is 10.1 Å². The molecule has 206 valence electrons. The summed E-state index contributed by atoms with van der Waals surface area (Å²) in [7, 11) is 1.58. The monoisotopic (exact) mass is 543 g/mol. The number of benzene rings is 4. The average Bonchev–Trinajstić information content (AvgIpc) is 3.04. The number of carbonyl (C=O) groups is 1. The Hall–Kier alpha value is -4.86. The van der Waals surface area contributed by atoms with Crippen molar-refractivity contribution in [3.63, 3.8) is 0 Å². The molecule has 0 bridgehead atoms. The van der Waals surface area contributed by atoms with Crippen molar-refractivity contribution in [2.75, 3.05) is 33.3 Å². The van der Waals surface area contributed by atoms with E-state index >= 15 is 0 Å². The lowest BCUT2D eigenvalue weighted by molar-refractivity contribution is -0.128. The smallest absolute Gasteiger partial charge is 0.264 e. The van der Waals surface area contributed by atoms with Crippen LogP contribution in [-0.2, 0) is 11.4 Å². The summed E-state index contributed by atoms with van der Waals surface area (Å²) in [6.45, 7) is 2.92. The summed E-state index contributed by atoms with van der Waals surface area (Å²) in [5.41, 5.74) is 4.30.